The molecule has 1 nitrogen and oxygen atoms in total. The van der Waals surface area contributed by atoms with Gasteiger partial charge in [0.05, 0.1) is 0 Å². The Balaban J connectivity index is 2.68. The summed E-state index contributed by atoms with van der Waals surface area (Å²) < 4.78 is 12.1. The molecule has 1 atom stereocenters. The highest BCUT2D eigenvalue weighted by molar-refractivity contribution is 5.24. The van der Waals surface area contributed by atoms with E-state index in [4.69, 9.17) is 0 Å². The third-order valence-electron chi connectivity index (χ3n) is 2.15. The lowest BCUT2D eigenvalue weighted by atomic mass is 10.0. The van der Waals surface area contributed by atoms with E-state index < -0.39 is 12.8 Å². The van der Waals surface area contributed by atoms with Gasteiger partial charge in [0, 0.05) is 0 Å². The summed E-state index contributed by atoms with van der Waals surface area (Å²) in [4.78, 5) is 0. The van der Waals surface area contributed by atoms with Crippen LogP contribution < -0.4 is 0 Å². The molecule has 0 saturated carbocycles. The Morgan fingerprint density at radius 2 is 1.79 bits per heavy atom. The molecular formula is C12H17FO. The molecule has 2 heteroatoms. The topological polar surface area (TPSA) is 20.2 Å². The van der Waals surface area contributed by atoms with E-state index in [0.29, 0.717) is 11.5 Å². The van der Waals surface area contributed by atoms with Gasteiger partial charge in [0.25, 0.3) is 0 Å². The first-order valence-corrected chi connectivity index (χ1v) is 4.96. The number of hydrogen-bond donors (Lipinski definition) is 1. The average molecular weight is 196 g/mol. The van der Waals surface area contributed by atoms with Crippen LogP contribution in [0.15, 0.2) is 24.3 Å². The molecule has 0 aliphatic carbocycles. The van der Waals surface area contributed by atoms with Crippen molar-refractivity contribution in [2.75, 3.05) is 6.67 Å². The Labute approximate surface area is 84.6 Å². The van der Waals surface area contributed by atoms with Crippen LogP contribution in [0.3, 0.4) is 0 Å². The zero-order valence-electron chi connectivity index (χ0n) is 8.70. The minimum atomic E-state index is -0.969. The summed E-state index contributed by atoms with van der Waals surface area (Å²) in [6, 6.07) is 7.49. The maximum absolute atomic E-state index is 12.1. The van der Waals surface area contributed by atoms with Gasteiger partial charge in [-0.3, -0.25) is 0 Å². The smallest absolute Gasteiger partial charge is 0.119 e. The lowest BCUT2D eigenvalue weighted by Gasteiger charge is -2.08. The number of hydrogen-bond acceptors (Lipinski definition) is 1. The van der Waals surface area contributed by atoms with Gasteiger partial charge in [0.2, 0.25) is 0 Å². The van der Waals surface area contributed by atoms with Crippen molar-refractivity contribution in [3.05, 3.63) is 35.4 Å². The molecule has 78 valence electrons. The zero-order valence-corrected chi connectivity index (χ0v) is 8.70. The summed E-state index contributed by atoms with van der Waals surface area (Å²) in [7, 11) is 0. The van der Waals surface area contributed by atoms with Crippen molar-refractivity contribution in [3.8, 4) is 0 Å². The molecule has 0 heterocycles. The number of benzene rings is 1. The lowest BCUT2D eigenvalue weighted by molar-refractivity contribution is 0.142. The standard InChI is InChI=1S/C12H17FO/c1-9(2)7-10-3-5-11(6-4-10)12(14)8-13/h3-6,9,12,14H,7-8H2,1-2H3. The van der Waals surface area contributed by atoms with Gasteiger partial charge in [-0.05, 0) is 23.5 Å². The van der Waals surface area contributed by atoms with Crippen LogP contribution in [0, 0.1) is 5.92 Å². The molecule has 0 aromatic heterocycles. The second-order valence-corrected chi connectivity index (χ2v) is 4.01. The van der Waals surface area contributed by atoms with Crippen molar-refractivity contribution < 1.29 is 9.50 Å². The molecule has 1 aromatic rings. The quantitative estimate of drug-likeness (QED) is 0.785. The van der Waals surface area contributed by atoms with E-state index in [2.05, 4.69) is 13.8 Å². The van der Waals surface area contributed by atoms with Crippen molar-refractivity contribution in [1.29, 1.82) is 0 Å². The van der Waals surface area contributed by atoms with Gasteiger partial charge in [0.1, 0.15) is 12.8 Å². The van der Waals surface area contributed by atoms with Gasteiger partial charge in [-0.25, -0.2) is 4.39 Å². The van der Waals surface area contributed by atoms with Crippen LogP contribution in [-0.2, 0) is 6.42 Å². The number of aliphatic hydroxyl groups is 1. The fourth-order valence-corrected chi connectivity index (χ4v) is 1.44. The normalized spacial score (nSPS) is 13.2. The molecule has 1 rings (SSSR count). The largest absolute Gasteiger partial charge is 0.386 e. The maximum Gasteiger partial charge on any atom is 0.119 e. The summed E-state index contributed by atoms with van der Waals surface area (Å²) in [6.07, 6.45) is 0.0505. The molecule has 1 unspecified atom stereocenters. The maximum atomic E-state index is 12.1. The first-order valence-electron chi connectivity index (χ1n) is 4.96. The van der Waals surface area contributed by atoms with E-state index in [9.17, 15) is 9.50 Å². The van der Waals surface area contributed by atoms with Gasteiger partial charge < -0.3 is 5.11 Å². The highest BCUT2D eigenvalue weighted by Crippen LogP contribution is 2.15. The second kappa shape index (κ2) is 5.11. The van der Waals surface area contributed by atoms with E-state index in [1.165, 1.54) is 5.56 Å². The molecule has 0 fully saturated rings. The second-order valence-electron chi connectivity index (χ2n) is 4.01. The van der Waals surface area contributed by atoms with Gasteiger partial charge >= 0.3 is 0 Å². The van der Waals surface area contributed by atoms with E-state index >= 15 is 0 Å². The fourth-order valence-electron chi connectivity index (χ4n) is 1.44. The molecule has 0 aliphatic heterocycles. The fraction of sp³-hybridized carbons (Fsp3) is 0.500. The van der Waals surface area contributed by atoms with Crippen molar-refractivity contribution >= 4 is 0 Å². The molecule has 1 N–H and O–H groups in total. The molecular weight excluding hydrogens is 179 g/mol. The zero-order chi connectivity index (χ0) is 10.6. The highest BCUT2D eigenvalue weighted by Gasteiger charge is 2.06. The summed E-state index contributed by atoms with van der Waals surface area (Å²) in [5.74, 6) is 0.618. The summed E-state index contributed by atoms with van der Waals surface area (Å²) in [6.45, 7) is 3.60. The van der Waals surface area contributed by atoms with Crippen molar-refractivity contribution in [1.82, 2.24) is 0 Å². The molecule has 0 aliphatic rings. The van der Waals surface area contributed by atoms with Gasteiger partial charge in [-0.1, -0.05) is 38.1 Å². The highest BCUT2D eigenvalue weighted by atomic mass is 19.1. The number of aliphatic hydroxyl groups excluding tert-OH is 1. The molecule has 1 aromatic carbocycles. The third kappa shape index (κ3) is 3.11. The SMILES string of the molecule is CC(C)Cc1ccc(C(O)CF)cc1. The van der Waals surface area contributed by atoms with Crippen molar-refractivity contribution in [2.24, 2.45) is 5.92 Å². The minimum absolute atomic E-state index is 0.618. The lowest BCUT2D eigenvalue weighted by Crippen LogP contribution is -2.00. The van der Waals surface area contributed by atoms with Crippen LogP contribution in [-0.4, -0.2) is 11.8 Å². The van der Waals surface area contributed by atoms with Crippen molar-refractivity contribution in [3.63, 3.8) is 0 Å². The molecule has 0 amide bonds. The number of halogens is 1. The van der Waals surface area contributed by atoms with E-state index in [1.54, 1.807) is 12.1 Å². The van der Waals surface area contributed by atoms with E-state index in [-0.39, 0.29) is 0 Å². The predicted molar refractivity (Wildman–Crippen MR) is 55.9 cm³/mol. The van der Waals surface area contributed by atoms with Gasteiger partial charge in [0.15, 0.2) is 0 Å². The monoisotopic (exact) mass is 196 g/mol. The van der Waals surface area contributed by atoms with Crippen LogP contribution in [0.4, 0.5) is 4.39 Å². The van der Waals surface area contributed by atoms with Crippen LogP contribution in [0.25, 0.3) is 0 Å². The number of alkyl halides is 1. The summed E-state index contributed by atoms with van der Waals surface area (Å²) >= 11 is 0. The Bertz CT molecular complexity index is 266. The Morgan fingerprint density at radius 3 is 2.21 bits per heavy atom. The summed E-state index contributed by atoms with van der Waals surface area (Å²) in [5, 5.41) is 9.23. The summed E-state index contributed by atoms with van der Waals surface area (Å²) in [5.41, 5.74) is 1.88. The third-order valence-corrected chi connectivity index (χ3v) is 2.15. The average Bonchev–Trinajstić information content (AvgIpc) is 2.17. The molecule has 0 spiro atoms. The van der Waals surface area contributed by atoms with E-state index in [0.717, 1.165) is 6.42 Å². The predicted octanol–water partition coefficient (Wildman–Crippen LogP) is 2.89. The molecule has 0 radical (unpaired) electrons. The van der Waals surface area contributed by atoms with Gasteiger partial charge in [-0.15, -0.1) is 0 Å². The number of rotatable bonds is 4. The van der Waals surface area contributed by atoms with Crippen LogP contribution in [0.5, 0.6) is 0 Å². The van der Waals surface area contributed by atoms with Crippen molar-refractivity contribution in [2.45, 2.75) is 26.4 Å². The van der Waals surface area contributed by atoms with Gasteiger partial charge in [-0.2, -0.15) is 0 Å². The van der Waals surface area contributed by atoms with Crippen LogP contribution >= 0.6 is 0 Å². The minimum Gasteiger partial charge on any atom is -0.386 e. The van der Waals surface area contributed by atoms with Crippen LogP contribution in [0.1, 0.15) is 31.1 Å². The first-order chi connectivity index (χ1) is 6.63. The van der Waals surface area contributed by atoms with Crippen LogP contribution in [0.2, 0.25) is 0 Å². The molecule has 0 bridgehead atoms. The Hall–Kier alpha value is -0.890. The molecule has 0 saturated heterocycles. The Kier molecular flexibility index (Phi) is 4.08. The first kappa shape index (κ1) is 11.2. The van der Waals surface area contributed by atoms with E-state index in [1.807, 2.05) is 12.1 Å². The molecule has 14 heavy (non-hydrogen) atoms. The Morgan fingerprint density at radius 1 is 1.21 bits per heavy atom.